The molecule has 0 amide bonds. The van der Waals surface area contributed by atoms with Gasteiger partial charge in [0.05, 0.1) is 25.2 Å². The molecule has 2 atom stereocenters. The summed E-state index contributed by atoms with van der Waals surface area (Å²) in [5.74, 6) is -0.934. The normalized spacial score (nSPS) is 13.3. The summed E-state index contributed by atoms with van der Waals surface area (Å²) in [5, 5.41) is 18.4. The zero-order valence-corrected chi connectivity index (χ0v) is 18.4. The number of ether oxygens (including phenoxy) is 1. The number of rotatable bonds is 19. The molecule has 0 bridgehead atoms. The highest BCUT2D eigenvalue weighted by molar-refractivity contribution is 5.67. The summed E-state index contributed by atoms with van der Waals surface area (Å²) in [6.45, 7) is 2.90. The molecule has 0 aliphatic carbocycles. The van der Waals surface area contributed by atoms with Crippen LogP contribution in [-0.4, -0.2) is 28.4 Å². The van der Waals surface area contributed by atoms with E-state index in [1.54, 1.807) is 0 Å². The molecule has 0 heterocycles. The third-order valence-corrected chi connectivity index (χ3v) is 5.43. The van der Waals surface area contributed by atoms with E-state index in [2.05, 4.69) is 19.1 Å². The first-order valence-electron chi connectivity index (χ1n) is 11.7. The van der Waals surface area contributed by atoms with Gasteiger partial charge in [-0.3, -0.25) is 4.79 Å². The van der Waals surface area contributed by atoms with Crippen LogP contribution in [0.15, 0.2) is 30.3 Å². The van der Waals surface area contributed by atoms with Crippen LogP contribution < -0.4 is 0 Å². The lowest BCUT2D eigenvalue weighted by Gasteiger charge is -2.18. The minimum absolute atomic E-state index is 0.161. The van der Waals surface area contributed by atoms with Crippen LogP contribution in [0, 0.1) is 0 Å². The standard InChI is InChI=1S/C25H42O4/c1-2-3-4-5-6-7-8-12-18-24(29-21-22-15-10-9-11-16-22)19-14-13-17-23(26)20-25(27)28/h9-11,15-16,23-24,26H,2-8,12-14,17-21H2,1H3,(H,27,28). The Hall–Kier alpha value is -1.39. The summed E-state index contributed by atoms with van der Waals surface area (Å²) in [5.41, 5.74) is 1.20. The molecule has 0 spiro atoms. The number of carboxylic acids is 1. The smallest absolute Gasteiger partial charge is 0.305 e. The largest absolute Gasteiger partial charge is 0.481 e. The minimum atomic E-state index is -0.934. The van der Waals surface area contributed by atoms with Crippen LogP contribution in [0.4, 0.5) is 0 Å². The van der Waals surface area contributed by atoms with Crippen molar-refractivity contribution in [1.82, 2.24) is 0 Å². The number of hydrogen-bond acceptors (Lipinski definition) is 3. The molecular weight excluding hydrogens is 364 g/mol. The van der Waals surface area contributed by atoms with E-state index in [4.69, 9.17) is 9.84 Å². The maximum Gasteiger partial charge on any atom is 0.305 e. The lowest BCUT2D eigenvalue weighted by atomic mass is 10.0. The Morgan fingerprint density at radius 1 is 0.862 bits per heavy atom. The molecule has 4 heteroatoms. The fourth-order valence-corrected chi connectivity index (χ4v) is 3.66. The molecule has 1 aromatic rings. The van der Waals surface area contributed by atoms with E-state index in [-0.39, 0.29) is 12.5 Å². The molecule has 4 nitrogen and oxygen atoms in total. The number of carbonyl (C=O) groups is 1. The molecular formula is C25H42O4. The first-order valence-corrected chi connectivity index (χ1v) is 11.7. The average molecular weight is 407 g/mol. The summed E-state index contributed by atoms with van der Waals surface area (Å²) in [7, 11) is 0. The fraction of sp³-hybridized carbons (Fsp3) is 0.720. The monoisotopic (exact) mass is 406 g/mol. The molecule has 1 aromatic carbocycles. The van der Waals surface area contributed by atoms with Crippen LogP contribution in [-0.2, 0) is 16.1 Å². The Labute approximate surface area is 177 Å². The number of carboxylic acid groups (broad SMARTS) is 1. The molecule has 29 heavy (non-hydrogen) atoms. The molecule has 2 unspecified atom stereocenters. The number of hydrogen-bond donors (Lipinski definition) is 2. The second-order valence-electron chi connectivity index (χ2n) is 8.22. The van der Waals surface area contributed by atoms with Crippen molar-refractivity contribution in [3.05, 3.63) is 35.9 Å². The predicted octanol–water partition coefficient (Wildman–Crippen LogP) is 6.50. The Bertz CT molecular complexity index is 503. The summed E-state index contributed by atoms with van der Waals surface area (Å²) in [6.07, 6.45) is 14.3. The van der Waals surface area contributed by atoms with Crippen molar-refractivity contribution in [3.63, 3.8) is 0 Å². The quantitative estimate of drug-likeness (QED) is 0.257. The van der Waals surface area contributed by atoms with Gasteiger partial charge in [0.15, 0.2) is 0 Å². The number of unbranched alkanes of at least 4 members (excludes halogenated alkanes) is 8. The van der Waals surface area contributed by atoms with Crippen LogP contribution in [0.1, 0.15) is 102 Å². The van der Waals surface area contributed by atoms with Crippen LogP contribution in [0.3, 0.4) is 0 Å². The van der Waals surface area contributed by atoms with Gasteiger partial charge < -0.3 is 14.9 Å². The molecule has 0 saturated carbocycles. The van der Waals surface area contributed by atoms with Gasteiger partial charge in [-0.2, -0.15) is 0 Å². The Kier molecular flexibility index (Phi) is 15.4. The maximum atomic E-state index is 10.6. The molecule has 1 rings (SSSR count). The highest BCUT2D eigenvalue weighted by atomic mass is 16.5. The molecule has 0 saturated heterocycles. The third kappa shape index (κ3) is 15.2. The van der Waals surface area contributed by atoms with Crippen LogP contribution >= 0.6 is 0 Å². The van der Waals surface area contributed by atoms with Crippen molar-refractivity contribution in [2.45, 2.75) is 116 Å². The first kappa shape index (κ1) is 25.6. The SMILES string of the molecule is CCCCCCCCCCC(CCCCC(O)CC(=O)O)OCc1ccccc1. The second kappa shape index (κ2) is 17.5. The number of aliphatic carboxylic acids is 1. The van der Waals surface area contributed by atoms with E-state index in [9.17, 15) is 9.90 Å². The minimum Gasteiger partial charge on any atom is -0.481 e. The average Bonchev–Trinajstić information content (AvgIpc) is 2.70. The van der Waals surface area contributed by atoms with Gasteiger partial charge in [0.2, 0.25) is 0 Å². The lowest BCUT2D eigenvalue weighted by Crippen LogP contribution is -2.15. The Morgan fingerprint density at radius 2 is 1.41 bits per heavy atom. The molecule has 2 N–H and O–H groups in total. The Morgan fingerprint density at radius 3 is 2.03 bits per heavy atom. The van der Waals surface area contributed by atoms with E-state index in [0.717, 1.165) is 25.7 Å². The highest BCUT2D eigenvalue weighted by Crippen LogP contribution is 2.18. The summed E-state index contributed by atoms with van der Waals surface area (Å²) < 4.78 is 6.20. The summed E-state index contributed by atoms with van der Waals surface area (Å²) in [4.78, 5) is 10.6. The van der Waals surface area contributed by atoms with Crippen LogP contribution in [0.25, 0.3) is 0 Å². The fourth-order valence-electron chi connectivity index (χ4n) is 3.66. The number of aliphatic hydroxyl groups is 1. The molecule has 0 fully saturated rings. The topological polar surface area (TPSA) is 66.8 Å². The molecule has 0 aliphatic rings. The lowest BCUT2D eigenvalue weighted by molar-refractivity contribution is -0.139. The number of aliphatic hydroxyl groups excluding tert-OH is 1. The summed E-state index contributed by atoms with van der Waals surface area (Å²) >= 11 is 0. The van der Waals surface area contributed by atoms with Gasteiger partial charge in [-0.05, 0) is 24.8 Å². The van der Waals surface area contributed by atoms with Crippen LogP contribution in [0.2, 0.25) is 0 Å². The van der Waals surface area contributed by atoms with Crippen molar-refractivity contribution in [3.8, 4) is 0 Å². The van der Waals surface area contributed by atoms with Gasteiger partial charge in [-0.1, -0.05) is 101 Å². The van der Waals surface area contributed by atoms with Crippen molar-refractivity contribution in [2.75, 3.05) is 0 Å². The zero-order chi connectivity index (χ0) is 21.2. The van der Waals surface area contributed by atoms with E-state index < -0.39 is 12.1 Å². The van der Waals surface area contributed by atoms with Gasteiger partial charge in [-0.25, -0.2) is 0 Å². The van der Waals surface area contributed by atoms with Gasteiger partial charge in [0.25, 0.3) is 0 Å². The maximum absolute atomic E-state index is 10.6. The van der Waals surface area contributed by atoms with Crippen molar-refractivity contribution < 1.29 is 19.7 Å². The van der Waals surface area contributed by atoms with Crippen molar-refractivity contribution in [2.24, 2.45) is 0 Å². The van der Waals surface area contributed by atoms with Gasteiger partial charge >= 0.3 is 5.97 Å². The third-order valence-electron chi connectivity index (χ3n) is 5.43. The summed E-state index contributed by atoms with van der Waals surface area (Å²) in [6, 6.07) is 10.3. The second-order valence-corrected chi connectivity index (χ2v) is 8.22. The van der Waals surface area contributed by atoms with E-state index in [1.807, 2.05) is 18.2 Å². The van der Waals surface area contributed by atoms with Crippen molar-refractivity contribution >= 4 is 5.97 Å². The number of benzene rings is 1. The molecule has 0 aromatic heterocycles. The zero-order valence-electron chi connectivity index (χ0n) is 18.4. The predicted molar refractivity (Wildman–Crippen MR) is 119 cm³/mol. The molecule has 166 valence electrons. The van der Waals surface area contributed by atoms with Crippen molar-refractivity contribution in [1.29, 1.82) is 0 Å². The first-order chi connectivity index (χ1) is 14.1. The van der Waals surface area contributed by atoms with E-state index in [1.165, 1.54) is 56.9 Å². The van der Waals surface area contributed by atoms with Crippen LogP contribution in [0.5, 0.6) is 0 Å². The van der Waals surface area contributed by atoms with Gasteiger partial charge in [-0.15, -0.1) is 0 Å². The molecule has 0 aliphatic heterocycles. The van der Waals surface area contributed by atoms with Gasteiger partial charge in [0, 0.05) is 0 Å². The Balaban J connectivity index is 2.26. The van der Waals surface area contributed by atoms with E-state index >= 15 is 0 Å². The van der Waals surface area contributed by atoms with E-state index in [0.29, 0.717) is 13.0 Å². The highest BCUT2D eigenvalue weighted by Gasteiger charge is 2.12. The molecule has 0 radical (unpaired) electrons. The van der Waals surface area contributed by atoms with Gasteiger partial charge in [0.1, 0.15) is 0 Å².